The summed E-state index contributed by atoms with van der Waals surface area (Å²) in [5.41, 5.74) is 2.79. The minimum atomic E-state index is -0.393. The maximum atomic E-state index is 12.4. The van der Waals surface area contributed by atoms with E-state index in [2.05, 4.69) is 11.9 Å². The van der Waals surface area contributed by atoms with Crippen LogP contribution in [0.2, 0.25) is 0 Å². The Morgan fingerprint density at radius 2 is 2.00 bits per heavy atom. The minimum absolute atomic E-state index is 0.0395. The molecule has 0 amide bonds. The Bertz CT molecular complexity index is 687. The molecule has 0 atom stereocenters. The number of aromatic nitrogens is 1. The summed E-state index contributed by atoms with van der Waals surface area (Å²) >= 11 is 0. The van der Waals surface area contributed by atoms with Gasteiger partial charge in [0, 0.05) is 28.8 Å². The first-order chi connectivity index (χ1) is 10.6. The number of H-pyrrole nitrogens is 1. The third-order valence-corrected chi connectivity index (χ3v) is 3.51. The molecule has 0 saturated heterocycles. The van der Waals surface area contributed by atoms with Crippen molar-refractivity contribution in [1.29, 1.82) is 0 Å². The molecule has 0 aliphatic carbocycles. The van der Waals surface area contributed by atoms with Crippen molar-refractivity contribution in [2.75, 3.05) is 20.3 Å². The molecule has 0 unspecified atom stereocenters. The molecule has 0 saturated carbocycles. The van der Waals surface area contributed by atoms with E-state index < -0.39 is 5.97 Å². The number of ether oxygens (including phenoxy) is 2. The standard InChI is InChI=1S/C17H21NO4/c1-4-6-13-16(15(19)10-22-5-2)12-8-7-11(17(20)21-3)9-14(12)18-13/h7-9,18H,4-6,10H2,1-3H3. The summed E-state index contributed by atoms with van der Waals surface area (Å²) < 4.78 is 9.97. The third kappa shape index (κ3) is 3.20. The van der Waals surface area contributed by atoms with Gasteiger partial charge in [0.25, 0.3) is 0 Å². The predicted molar refractivity (Wildman–Crippen MR) is 84.5 cm³/mol. The SMILES string of the molecule is CCCc1[nH]c2cc(C(=O)OC)ccc2c1C(=O)COCC. The highest BCUT2D eigenvalue weighted by molar-refractivity contribution is 6.10. The molecular weight excluding hydrogens is 282 g/mol. The Morgan fingerprint density at radius 3 is 2.64 bits per heavy atom. The average Bonchev–Trinajstić information content (AvgIpc) is 2.89. The van der Waals surface area contributed by atoms with Gasteiger partial charge < -0.3 is 14.5 Å². The maximum Gasteiger partial charge on any atom is 0.337 e. The second kappa shape index (κ2) is 7.22. The molecule has 0 fully saturated rings. The number of nitrogens with one attached hydrogen (secondary N) is 1. The zero-order chi connectivity index (χ0) is 16.1. The first kappa shape index (κ1) is 16.2. The van der Waals surface area contributed by atoms with E-state index in [1.165, 1.54) is 7.11 Å². The second-order valence-corrected chi connectivity index (χ2v) is 5.04. The molecule has 1 N–H and O–H groups in total. The van der Waals surface area contributed by atoms with Gasteiger partial charge in [-0.05, 0) is 25.5 Å². The molecule has 1 aromatic heterocycles. The molecule has 118 valence electrons. The number of fused-ring (bicyclic) bond motifs is 1. The first-order valence-corrected chi connectivity index (χ1v) is 7.46. The quantitative estimate of drug-likeness (QED) is 0.630. The lowest BCUT2D eigenvalue weighted by Gasteiger charge is -2.04. The summed E-state index contributed by atoms with van der Waals surface area (Å²) in [5.74, 6) is -0.432. The van der Waals surface area contributed by atoms with Gasteiger partial charge in [-0.1, -0.05) is 19.4 Å². The van der Waals surface area contributed by atoms with Crippen molar-refractivity contribution in [2.45, 2.75) is 26.7 Å². The highest BCUT2D eigenvalue weighted by atomic mass is 16.5. The number of rotatable bonds is 7. The Hall–Kier alpha value is -2.14. The number of esters is 1. The average molecular weight is 303 g/mol. The van der Waals surface area contributed by atoms with Crippen LogP contribution in [0.4, 0.5) is 0 Å². The summed E-state index contributed by atoms with van der Waals surface area (Å²) in [5, 5.41) is 0.820. The first-order valence-electron chi connectivity index (χ1n) is 7.46. The number of carbonyl (C=O) groups excluding carboxylic acids is 2. The van der Waals surface area contributed by atoms with Crippen molar-refractivity contribution in [2.24, 2.45) is 0 Å². The number of hydrogen-bond acceptors (Lipinski definition) is 4. The van der Waals surface area contributed by atoms with Crippen molar-refractivity contribution in [3.63, 3.8) is 0 Å². The van der Waals surface area contributed by atoms with Crippen molar-refractivity contribution >= 4 is 22.7 Å². The molecule has 1 heterocycles. The molecule has 1 aromatic carbocycles. The van der Waals surface area contributed by atoms with Crippen LogP contribution in [0.15, 0.2) is 18.2 Å². The van der Waals surface area contributed by atoms with E-state index in [-0.39, 0.29) is 12.4 Å². The van der Waals surface area contributed by atoms with Crippen LogP contribution in [0.3, 0.4) is 0 Å². The Morgan fingerprint density at radius 1 is 1.23 bits per heavy atom. The molecule has 0 aliphatic heterocycles. The fourth-order valence-corrected chi connectivity index (χ4v) is 2.52. The van der Waals surface area contributed by atoms with Crippen molar-refractivity contribution < 1.29 is 19.1 Å². The highest BCUT2D eigenvalue weighted by Gasteiger charge is 2.19. The van der Waals surface area contributed by atoms with Crippen molar-refractivity contribution in [3.8, 4) is 0 Å². The van der Waals surface area contributed by atoms with E-state index in [1.807, 2.05) is 6.92 Å². The summed E-state index contributed by atoms with van der Waals surface area (Å²) in [6, 6.07) is 5.18. The van der Waals surface area contributed by atoms with Crippen LogP contribution in [0.5, 0.6) is 0 Å². The number of ketones is 1. The van der Waals surface area contributed by atoms with Gasteiger partial charge in [-0.3, -0.25) is 4.79 Å². The monoisotopic (exact) mass is 303 g/mol. The number of methoxy groups -OCH3 is 1. The van der Waals surface area contributed by atoms with Crippen molar-refractivity contribution in [1.82, 2.24) is 4.98 Å². The smallest absolute Gasteiger partial charge is 0.337 e. The molecule has 0 bridgehead atoms. The zero-order valence-electron chi connectivity index (χ0n) is 13.2. The van der Waals surface area contributed by atoms with Gasteiger partial charge in [-0.2, -0.15) is 0 Å². The normalized spacial score (nSPS) is 10.9. The summed E-state index contributed by atoms with van der Waals surface area (Å²) in [6.07, 6.45) is 1.70. The predicted octanol–water partition coefficient (Wildman–Crippen LogP) is 3.13. The molecule has 5 nitrogen and oxygen atoms in total. The van der Waals surface area contributed by atoms with Gasteiger partial charge in [0.05, 0.1) is 12.7 Å². The fraction of sp³-hybridized carbons (Fsp3) is 0.412. The van der Waals surface area contributed by atoms with Crippen LogP contribution in [-0.4, -0.2) is 37.1 Å². The van der Waals surface area contributed by atoms with Crippen LogP contribution in [0.25, 0.3) is 10.9 Å². The molecule has 0 aliphatic rings. The Kier molecular flexibility index (Phi) is 5.33. The lowest BCUT2D eigenvalue weighted by atomic mass is 10.0. The lowest BCUT2D eigenvalue weighted by Crippen LogP contribution is -2.10. The van der Waals surface area contributed by atoms with E-state index >= 15 is 0 Å². The van der Waals surface area contributed by atoms with Gasteiger partial charge in [-0.25, -0.2) is 4.79 Å². The Balaban J connectivity index is 2.50. The van der Waals surface area contributed by atoms with E-state index in [4.69, 9.17) is 9.47 Å². The van der Waals surface area contributed by atoms with Gasteiger partial charge in [-0.15, -0.1) is 0 Å². The van der Waals surface area contributed by atoms with Crippen LogP contribution in [0, 0.1) is 0 Å². The van der Waals surface area contributed by atoms with Crippen LogP contribution < -0.4 is 0 Å². The second-order valence-electron chi connectivity index (χ2n) is 5.04. The van der Waals surface area contributed by atoms with Gasteiger partial charge >= 0.3 is 5.97 Å². The highest BCUT2D eigenvalue weighted by Crippen LogP contribution is 2.25. The topological polar surface area (TPSA) is 68.4 Å². The van der Waals surface area contributed by atoms with Gasteiger partial charge in [0.2, 0.25) is 0 Å². The number of Topliss-reactive ketones (excluding diaryl/α,β-unsaturated/α-hetero) is 1. The number of aryl methyl sites for hydroxylation is 1. The summed E-state index contributed by atoms with van der Waals surface area (Å²) in [4.78, 5) is 27.3. The fourth-order valence-electron chi connectivity index (χ4n) is 2.52. The van der Waals surface area contributed by atoms with Crippen molar-refractivity contribution in [3.05, 3.63) is 35.0 Å². The van der Waals surface area contributed by atoms with E-state index in [1.54, 1.807) is 18.2 Å². The van der Waals surface area contributed by atoms with Gasteiger partial charge in [0.15, 0.2) is 5.78 Å². The largest absolute Gasteiger partial charge is 0.465 e. The van der Waals surface area contributed by atoms with Crippen LogP contribution in [0.1, 0.15) is 46.7 Å². The lowest BCUT2D eigenvalue weighted by molar-refractivity contribution is 0.0600. The Labute approximate surface area is 129 Å². The summed E-state index contributed by atoms with van der Waals surface area (Å²) in [6.45, 7) is 4.49. The number of hydrogen-bond donors (Lipinski definition) is 1. The zero-order valence-corrected chi connectivity index (χ0v) is 13.2. The molecular formula is C17H21NO4. The third-order valence-electron chi connectivity index (χ3n) is 3.51. The minimum Gasteiger partial charge on any atom is -0.465 e. The molecule has 5 heteroatoms. The van der Waals surface area contributed by atoms with Gasteiger partial charge in [0.1, 0.15) is 6.61 Å². The van der Waals surface area contributed by atoms with Crippen LogP contribution >= 0.6 is 0 Å². The molecule has 0 spiro atoms. The molecule has 0 radical (unpaired) electrons. The maximum absolute atomic E-state index is 12.4. The molecule has 22 heavy (non-hydrogen) atoms. The van der Waals surface area contributed by atoms with E-state index in [0.29, 0.717) is 17.7 Å². The van der Waals surface area contributed by atoms with E-state index in [0.717, 1.165) is 29.4 Å². The number of carbonyl (C=O) groups is 2. The summed E-state index contributed by atoms with van der Waals surface area (Å²) in [7, 11) is 1.35. The molecule has 2 aromatic rings. The van der Waals surface area contributed by atoms with E-state index in [9.17, 15) is 9.59 Å². The molecule has 2 rings (SSSR count). The van der Waals surface area contributed by atoms with Crippen LogP contribution in [-0.2, 0) is 15.9 Å². The number of aromatic amines is 1. The number of benzene rings is 1.